The van der Waals surface area contributed by atoms with Gasteiger partial charge in [0.2, 0.25) is 5.90 Å². The highest BCUT2D eigenvalue weighted by molar-refractivity contribution is 6.11. The zero-order valence-corrected chi connectivity index (χ0v) is 32.6. The van der Waals surface area contributed by atoms with Crippen molar-refractivity contribution in [2.45, 2.75) is 105 Å². The van der Waals surface area contributed by atoms with Crippen LogP contribution in [-0.2, 0) is 21.2 Å². The van der Waals surface area contributed by atoms with Crippen LogP contribution in [0.1, 0.15) is 103 Å². The molecule has 1 aliphatic heterocycles. The third kappa shape index (κ3) is 5.77. The number of fused-ring (bicyclic) bond motifs is 3. The first-order valence-electron chi connectivity index (χ1n) is 18.4. The quantitative estimate of drug-likeness (QED) is 0.182. The van der Waals surface area contributed by atoms with Crippen molar-refractivity contribution >= 4 is 27.7 Å². The van der Waals surface area contributed by atoms with Crippen LogP contribution >= 0.6 is 0 Å². The Hall–Kier alpha value is -4.70. The molecule has 0 saturated heterocycles. The summed E-state index contributed by atoms with van der Waals surface area (Å²) in [6.45, 7) is 26.9. The Kier molecular flexibility index (Phi) is 8.13. The SMILES string of the molecule is Cc1ccc2c(c1)c1cc(C)c(-c3cc(C(C)(C)C)ccn3)cc1n2-c1cc(C2=N[C@](C)(C(C)C)[C@@](C)(c3ccccc3)O2)cc(C(C)(C)C)c1. The zero-order valence-electron chi connectivity index (χ0n) is 32.6. The van der Waals surface area contributed by atoms with Gasteiger partial charge in [-0.3, -0.25) is 4.98 Å². The van der Waals surface area contributed by atoms with Crippen molar-refractivity contribution in [1.82, 2.24) is 9.55 Å². The molecule has 0 saturated carbocycles. The Balaban J connectivity index is 1.49. The molecule has 4 nitrogen and oxygen atoms in total. The summed E-state index contributed by atoms with van der Waals surface area (Å²) in [5.41, 5.74) is 11.5. The maximum atomic E-state index is 7.09. The standard InChI is InChI=1S/C47H53N3O/c1-29(2)46(11)47(12,33-16-14-13-15-17-33)51-43(49-46)32-24-35(45(8,9)10)26-36(25-32)50-41-19-18-30(3)22-38(41)39-23-31(4)37(28-42(39)50)40-27-34(20-21-48-40)44(5,6)7/h13-29H,1-12H3/t46-,47-/m1/s1. The van der Waals surface area contributed by atoms with E-state index in [4.69, 9.17) is 14.7 Å². The summed E-state index contributed by atoms with van der Waals surface area (Å²) in [6.07, 6.45) is 1.95. The molecule has 0 N–H and O–H groups in total. The van der Waals surface area contributed by atoms with Gasteiger partial charge in [-0.25, -0.2) is 4.99 Å². The summed E-state index contributed by atoms with van der Waals surface area (Å²) in [6, 6.07) is 33.4. The maximum Gasteiger partial charge on any atom is 0.217 e. The van der Waals surface area contributed by atoms with E-state index in [9.17, 15) is 0 Å². The molecule has 0 spiro atoms. The monoisotopic (exact) mass is 675 g/mol. The minimum atomic E-state index is -0.624. The normalized spacial score (nSPS) is 19.6. The largest absolute Gasteiger partial charge is 0.464 e. The van der Waals surface area contributed by atoms with E-state index in [1.807, 2.05) is 6.20 Å². The maximum absolute atomic E-state index is 7.09. The zero-order chi connectivity index (χ0) is 36.7. The van der Waals surface area contributed by atoms with E-state index >= 15 is 0 Å². The second-order valence-corrected chi connectivity index (χ2v) is 17.5. The van der Waals surface area contributed by atoms with E-state index in [0.29, 0.717) is 5.90 Å². The van der Waals surface area contributed by atoms with Crippen molar-refractivity contribution < 1.29 is 4.74 Å². The summed E-state index contributed by atoms with van der Waals surface area (Å²) in [5.74, 6) is 0.944. The number of aromatic nitrogens is 2. The van der Waals surface area contributed by atoms with E-state index in [1.54, 1.807) is 0 Å². The van der Waals surface area contributed by atoms with E-state index in [0.717, 1.165) is 33.6 Å². The second-order valence-electron chi connectivity index (χ2n) is 17.5. The fraction of sp³-hybridized carbons (Fsp3) is 0.362. The van der Waals surface area contributed by atoms with Crippen LogP contribution in [0.25, 0.3) is 38.8 Å². The molecule has 4 heteroatoms. The molecule has 0 aliphatic carbocycles. The lowest BCUT2D eigenvalue weighted by Crippen LogP contribution is -2.47. The molecule has 7 rings (SSSR count). The van der Waals surface area contributed by atoms with Gasteiger partial charge in [-0.05, 0) is 121 Å². The first-order chi connectivity index (χ1) is 23.9. The third-order valence-corrected chi connectivity index (χ3v) is 11.5. The smallest absolute Gasteiger partial charge is 0.217 e. The number of hydrogen-bond acceptors (Lipinski definition) is 3. The average Bonchev–Trinajstić information content (AvgIpc) is 3.55. The van der Waals surface area contributed by atoms with Gasteiger partial charge in [-0.2, -0.15) is 0 Å². The van der Waals surface area contributed by atoms with Gasteiger partial charge < -0.3 is 9.30 Å². The molecule has 0 bridgehead atoms. The lowest BCUT2D eigenvalue weighted by Gasteiger charge is -2.40. The molecule has 262 valence electrons. The van der Waals surface area contributed by atoms with Gasteiger partial charge in [0, 0.05) is 33.8 Å². The van der Waals surface area contributed by atoms with Gasteiger partial charge in [-0.1, -0.05) is 97.4 Å². The van der Waals surface area contributed by atoms with Gasteiger partial charge in [-0.15, -0.1) is 0 Å². The Morgan fingerprint density at radius 1 is 0.706 bits per heavy atom. The number of rotatable bonds is 5. The molecule has 0 fully saturated rings. The lowest BCUT2D eigenvalue weighted by molar-refractivity contribution is 0.00858. The highest BCUT2D eigenvalue weighted by Crippen LogP contribution is 2.49. The number of benzene rings is 4. The van der Waals surface area contributed by atoms with Crippen LogP contribution in [0.5, 0.6) is 0 Å². The highest BCUT2D eigenvalue weighted by atomic mass is 16.5. The van der Waals surface area contributed by atoms with Crippen molar-refractivity contribution in [2.24, 2.45) is 10.9 Å². The molecule has 2 atom stereocenters. The summed E-state index contributed by atoms with van der Waals surface area (Å²) < 4.78 is 9.53. The molecule has 6 aromatic rings. The highest BCUT2D eigenvalue weighted by Gasteiger charge is 2.55. The number of hydrogen-bond donors (Lipinski definition) is 0. The third-order valence-electron chi connectivity index (χ3n) is 11.5. The van der Waals surface area contributed by atoms with Gasteiger partial charge in [0.15, 0.2) is 5.60 Å². The van der Waals surface area contributed by atoms with E-state index in [1.165, 1.54) is 38.5 Å². The predicted molar refractivity (Wildman–Crippen MR) is 216 cm³/mol. The Labute approximate surface area is 304 Å². The first-order valence-corrected chi connectivity index (χ1v) is 18.4. The molecule has 51 heavy (non-hydrogen) atoms. The average molecular weight is 676 g/mol. The molecule has 0 amide bonds. The molecule has 2 aromatic heterocycles. The lowest BCUT2D eigenvalue weighted by atomic mass is 9.72. The Morgan fingerprint density at radius 3 is 2.06 bits per heavy atom. The minimum Gasteiger partial charge on any atom is -0.464 e. The molecular weight excluding hydrogens is 623 g/mol. The van der Waals surface area contributed by atoms with Crippen molar-refractivity contribution in [3.63, 3.8) is 0 Å². The van der Waals surface area contributed by atoms with Crippen molar-refractivity contribution in [3.05, 3.63) is 131 Å². The van der Waals surface area contributed by atoms with Gasteiger partial charge in [0.1, 0.15) is 5.54 Å². The fourth-order valence-corrected chi connectivity index (χ4v) is 7.73. The first kappa shape index (κ1) is 34.7. The molecule has 3 heterocycles. The van der Waals surface area contributed by atoms with Crippen molar-refractivity contribution in [1.29, 1.82) is 0 Å². The van der Waals surface area contributed by atoms with E-state index in [-0.39, 0.29) is 16.7 Å². The number of aryl methyl sites for hydroxylation is 2. The van der Waals surface area contributed by atoms with Crippen molar-refractivity contribution in [2.75, 3.05) is 0 Å². The Morgan fingerprint density at radius 2 is 1.39 bits per heavy atom. The van der Waals surface area contributed by atoms with Crippen LogP contribution in [0.4, 0.5) is 0 Å². The summed E-state index contributed by atoms with van der Waals surface area (Å²) >= 11 is 0. The number of ether oxygens (including phenoxy) is 1. The van der Waals surface area contributed by atoms with Crippen molar-refractivity contribution in [3.8, 4) is 16.9 Å². The summed E-state index contributed by atoms with van der Waals surface area (Å²) in [5, 5.41) is 2.49. The molecule has 4 aromatic carbocycles. The van der Waals surface area contributed by atoms with E-state index < -0.39 is 11.1 Å². The van der Waals surface area contributed by atoms with Gasteiger partial charge >= 0.3 is 0 Å². The second kappa shape index (κ2) is 11.9. The minimum absolute atomic E-state index is 0.0270. The number of aliphatic imine (C=N–C) groups is 1. The Bertz CT molecular complexity index is 2330. The van der Waals surface area contributed by atoms with E-state index in [2.05, 4.69) is 179 Å². The van der Waals surface area contributed by atoms with Crippen LogP contribution in [0.15, 0.2) is 102 Å². The van der Waals surface area contributed by atoms with Gasteiger partial charge in [0.05, 0.1) is 16.7 Å². The topological polar surface area (TPSA) is 39.4 Å². The molecular formula is C47H53N3O. The van der Waals surface area contributed by atoms with Crippen LogP contribution in [0.3, 0.4) is 0 Å². The summed E-state index contributed by atoms with van der Waals surface area (Å²) in [4.78, 5) is 10.4. The van der Waals surface area contributed by atoms with Crippen LogP contribution in [0.2, 0.25) is 0 Å². The molecule has 0 radical (unpaired) electrons. The molecule has 1 aliphatic rings. The predicted octanol–water partition coefficient (Wildman–Crippen LogP) is 12.2. The summed E-state index contributed by atoms with van der Waals surface area (Å²) in [7, 11) is 0. The van der Waals surface area contributed by atoms with Crippen LogP contribution < -0.4 is 0 Å². The number of nitrogens with zero attached hydrogens (tertiary/aromatic N) is 3. The number of pyridine rings is 1. The van der Waals surface area contributed by atoms with Crippen LogP contribution in [-0.4, -0.2) is 21.0 Å². The van der Waals surface area contributed by atoms with Gasteiger partial charge in [0.25, 0.3) is 0 Å². The van der Waals surface area contributed by atoms with Crippen LogP contribution in [0, 0.1) is 19.8 Å². The fourth-order valence-electron chi connectivity index (χ4n) is 7.73. The molecule has 0 unspecified atom stereocenters.